The number of Topliss-reactive ketones (excluding diaryl/α,β-unsaturated/α-hetero) is 1. The van der Waals surface area contributed by atoms with Crippen molar-refractivity contribution in [2.24, 2.45) is 0 Å². The first-order valence-electron chi connectivity index (χ1n) is 6.96. The summed E-state index contributed by atoms with van der Waals surface area (Å²) >= 11 is 6.14. The van der Waals surface area contributed by atoms with Crippen molar-refractivity contribution < 1.29 is 9.53 Å². The van der Waals surface area contributed by atoms with Crippen LogP contribution in [0.3, 0.4) is 0 Å². The number of aryl methyl sites for hydroxylation is 1. The molecule has 0 bridgehead atoms. The molecule has 1 aromatic heterocycles. The van der Waals surface area contributed by atoms with Gasteiger partial charge >= 0.3 is 0 Å². The van der Waals surface area contributed by atoms with Crippen LogP contribution in [-0.2, 0) is 11.3 Å². The molecule has 0 unspecified atom stereocenters. The number of hydrogen-bond donors (Lipinski definition) is 0. The molecule has 0 saturated heterocycles. The fourth-order valence-corrected chi connectivity index (χ4v) is 2.53. The monoisotopic (exact) mass is 286 g/mol. The first kappa shape index (κ1) is 16.2. The molecule has 0 N–H and O–H groups in total. The number of ketones is 1. The first-order chi connectivity index (χ1) is 9.06. The summed E-state index contributed by atoms with van der Waals surface area (Å²) < 4.78 is 7.44. The predicted molar refractivity (Wildman–Crippen MR) is 76.8 cm³/mol. The number of halogens is 1. The van der Waals surface area contributed by atoms with Gasteiger partial charge in [0.1, 0.15) is 11.3 Å². The summed E-state index contributed by atoms with van der Waals surface area (Å²) in [4.78, 5) is 12.8. The molecule has 0 aliphatic rings. The van der Waals surface area contributed by atoms with Gasteiger partial charge in [-0.1, -0.05) is 32.4 Å². The largest absolute Gasteiger partial charge is 0.367 e. The van der Waals surface area contributed by atoms with Crippen LogP contribution in [0.4, 0.5) is 0 Å². The Balaban J connectivity index is 3.19. The molecule has 0 atom stereocenters. The number of hydrogen-bond acceptors (Lipinski definition) is 3. The lowest BCUT2D eigenvalue weighted by atomic mass is 9.89. The van der Waals surface area contributed by atoms with Gasteiger partial charge in [0.05, 0.1) is 11.2 Å². The van der Waals surface area contributed by atoms with E-state index in [1.165, 1.54) is 6.20 Å². The highest BCUT2D eigenvalue weighted by Gasteiger charge is 2.39. The number of carbonyl (C=O) groups excluding carboxylic acids is 1. The van der Waals surface area contributed by atoms with E-state index in [0.717, 1.165) is 6.42 Å². The average Bonchev–Trinajstić information content (AvgIpc) is 2.77. The Labute approximate surface area is 120 Å². The van der Waals surface area contributed by atoms with E-state index in [2.05, 4.69) is 5.10 Å². The highest BCUT2D eigenvalue weighted by molar-refractivity contribution is 6.34. The van der Waals surface area contributed by atoms with Gasteiger partial charge in [-0.25, -0.2) is 0 Å². The predicted octanol–water partition coefficient (Wildman–Crippen LogP) is 3.72. The maximum Gasteiger partial charge on any atom is 0.214 e. The van der Waals surface area contributed by atoms with Crippen LogP contribution in [0.15, 0.2) is 6.20 Å². The SMILES string of the molecule is CCCn1ncc(Cl)c1C(=O)C(CC)(CC)OCC. The van der Waals surface area contributed by atoms with Gasteiger partial charge in [0.25, 0.3) is 0 Å². The molecule has 19 heavy (non-hydrogen) atoms. The molecule has 0 aliphatic carbocycles. The first-order valence-corrected chi connectivity index (χ1v) is 7.34. The van der Waals surface area contributed by atoms with Gasteiger partial charge in [-0.2, -0.15) is 5.10 Å². The van der Waals surface area contributed by atoms with Crippen molar-refractivity contribution in [2.45, 2.75) is 59.1 Å². The molecule has 0 saturated carbocycles. The topological polar surface area (TPSA) is 44.1 Å². The number of nitrogens with zero attached hydrogens (tertiary/aromatic N) is 2. The van der Waals surface area contributed by atoms with Crippen LogP contribution < -0.4 is 0 Å². The lowest BCUT2D eigenvalue weighted by Gasteiger charge is -2.30. The molecule has 0 amide bonds. The average molecular weight is 287 g/mol. The summed E-state index contributed by atoms with van der Waals surface area (Å²) in [6.45, 7) is 9.06. The zero-order valence-electron chi connectivity index (χ0n) is 12.2. The van der Waals surface area contributed by atoms with Crippen LogP contribution in [0, 0.1) is 0 Å². The minimum Gasteiger partial charge on any atom is -0.367 e. The number of ether oxygens (including phenoxy) is 1. The van der Waals surface area contributed by atoms with Gasteiger partial charge in [-0.3, -0.25) is 9.48 Å². The van der Waals surface area contributed by atoms with Gasteiger partial charge in [0.2, 0.25) is 5.78 Å². The van der Waals surface area contributed by atoms with Crippen molar-refractivity contribution in [2.75, 3.05) is 6.61 Å². The smallest absolute Gasteiger partial charge is 0.214 e. The van der Waals surface area contributed by atoms with Crippen molar-refractivity contribution in [3.8, 4) is 0 Å². The lowest BCUT2D eigenvalue weighted by molar-refractivity contribution is -0.0257. The van der Waals surface area contributed by atoms with Gasteiger partial charge < -0.3 is 4.74 Å². The Kier molecular flexibility index (Phi) is 6.01. The van der Waals surface area contributed by atoms with Crippen LogP contribution in [-0.4, -0.2) is 27.8 Å². The Morgan fingerprint density at radius 3 is 2.47 bits per heavy atom. The van der Waals surface area contributed by atoms with E-state index in [-0.39, 0.29) is 5.78 Å². The van der Waals surface area contributed by atoms with Crippen molar-refractivity contribution in [1.29, 1.82) is 0 Å². The fraction of sp³-hybridized carbons (Fsp3) is 0.714. The van der Waals surface area contributed by atoms with E-state index in [9.17, 15) is 4.79 Å². The highest BCUT2D eigenvalue weighted by Crippen LogP contribution is 2.29. The summed E-state index contributed by atoms with van der Waals surface area (Å²) in [5, 5.41) is 4.58. The molecule has 5 heteroatoms. The minimum atomic E-state index is -0.788. The van der Waals surface area contributed by atoms with Crippen LogP contribution in [0.1, 0.15) is 57.4 Å². The fourth-order valence-electron chi connectivity index (χ4n) is 2.30. The van der Waals surface area contributed by atoms with Crippen molar-refractivity contribution in [1.82, 2.24) is 9.78 Å². The summed E-state index contributed by atoms with van der Waals surface area (Å²) in [7, 11) is 0. The minimum absolute atomic E-state index is 0.0599. The second-order valence-corrected chi connectivity index (χ2v) is 4.93. The highest BCUT2D eigenvalue weighted by atomic mass is 35.5. The van der Waals surface area contributed by atoms with Gasteiger partial charge in [0, 0.05) is 13.2 Å². The molecule has 1 heterocycles. The molecule has 1 aromatic rings. The normalized spacial score (nSPS) is 11.8. The lowest BCUT2D eigenvalue weighted by Crippen LogP contribution is -2.42. The zero-order valence-corrected chi connectivity index (χ0v) is 13.0. The zero-order chi connectivity index (χ0) is 14.5. The molecule has 0 fully saturated rings. The second-order valence-electron chi connectivity index (χ2n) is 4.53. The van der Waals surface area contributed by atoms with E-state index in [1.807, 2.05) is 27.7 Å². The Hall–Kier alpha value is -0.870. The molecule has 0 spiro atoms. The molecular weight excluding hydrogens is 264 g/mol. The summed E-state index contributed by atoms with van der Waals surface area (Å²) in [6, 6.07) is 0. The maximum absolute atomic E-state index is 12.8. The molecule has 1 rings (SSSR count). The Bertz CT molecular complexity index is 425. The number of carbonyl (C=O) groups is 1. The van der Waals surface area contributed by atoms with E-state index >= 15 is 0 Å². The van der Waals surface area contributed by atoms with Crippen molar-refractivity contribution in [3.05, 3.63) is 16.9 Å². The van der Waals surface area contributed by atoms with Gasteiger partial charge in [-0.05, 0) is 26.2 Å². The molecule has 0 radical (unpaired) electrons. The molecule has 4 nitrogen and oxygen atoms in total. The van der Waals surface area contributed by atoms with Crippen LogP contribution in [0.5, 0.6) is 0 Å². The quantitative estimate of drug-likeness (QED) is 0.684. The Morgan fingerprint density at radius 1 is 1.37 bits per heavy atom. The third-order valence-corrected chi connectivity index (χ3v) is 3.70. The van der Waals surface area contributed by atoms with E-state index < -0.39 is 5.60 Å². The third kappa shape index (κ3) is 3.18. The van der Waals surface area contributed by atoms with E-state index in [0.29, 0.717) is 36.7 Å². The van der Waals surface area contributed by atoms with E-state index in [1.54, 1.807) is 4.68 Å². The number of rotatable bonds is 8. The van der Waals surface area contributed by atoms with E-state index in [4.69, 9.17) is 16.3 Å². The third-order valence-electron chi connectivity index (χ3n) is 3.42. The standard InChI is InChI=1S/C14H23ClN2O2/c1-5-9-17-12(11(15)10-16-17)13(18)14(6-2,7-3)19-8-4/h10H,5-9H2,1-4H3. The summed E-state index contributed by atoms with van der Waals surface area (Å²) in [5.74, 6) is -0.0599. The summed E-state index contributed by atoms with van der Waals surface area (Å²) in [6.07, 6.45) is 3.69. The maximum atomic E-state index is 12.8. The molecule has 0 aliphatic heterocycles. The molecule has 0 aromatic carbocycles. The van der Waals surface area contributed by atoms with Gasteiger partial charge in [-0.15, -0.1) is 0 Å². The number of aromatic nitrogens is 2. The van der Waals surface area contributed by atoms with Crippen molar-refractivity contribution in [3.63, 3.8) is 0 Å². The van der Waals surface area contributed by atoms with Crippen molar-refractivity contribution >= 4 is 17.4 Å². The molecular formula is C14H23ClN2O2. The molecule has 108 valence electrons. The van der Waals surface area contributed by atoms with Gasteiger partial charge in [0.15, 0.2) is 0 Å². The van der Waals surface area contributed by atoms with Crippen LogP contribution in [0.25, 0.3) is 0 Å². The van der Waals surface area contributed by atoms with Crippen LogP contribution in [0.2, 0.25) is 5.02 Å². The van der Waals surface area contributed by atoms with Crippen LogP contribution >= 0.6 is 11.6 Å². The summed E-state index contributed by atoms with van der Waals surface area (Å²) in [5.41, 5.74) is -0.315. The Morgan fingerprint density at radius 2 is 2.00 bits per heavy atom. The second kappa shape index (κ2) is 7.06.